The maximum Gasteiger partial charge on any atom is 0.158 e. The molecule has 0 N–H and O–H groups in total. The smallest absolute Gasteiger partial charge is 0.158 e. The molecule has 0 saturated carbocycles. The zero-order chi connectivity index (χ0) is 24.8. The van der Waals surface area contributed by atoms with E-state index in [-0.39, 0.29) is 24.8 Å². The molecule has 3 aromatic carbocycles. The van der Waals surface area contributed by atoms with Crippen molar-refractivity contribution in [1.29, 1.82) is 0 Å². The lowest BCUT2D eigenvalue weighted by atomic mass is 9.80. The van der Waals surface area contributed by atoms with Crippen molar-refractivity contribution in [1.82, 2.24) is 0 Å². The van der Waals surface area contributed by atoms with E-state index in [0.717, 1.165) is 29.5 Å². The van der Waals surface area contributed by atoms with Crippen LogP contribution < -0.4 is 0 Å². The second kappa shape index (κ2) is 11.7. The zero-order valence-corrected chi connectivity index (χ0v) is 21.1. The first-order valence-corrected chi connectivity index (χ1v) is 13.1. The van der Waals surface area contributed by atoms with Crippen molar-refractivity contribution in [2.45, 2.75) is 57.1 Å². The van der Waals surface area contributed by atoms with Gasteiger partial charge < -0.3 is 23.7 Å². The molecular weight excluding hydrogens is 452 g/mol. The van der Waals surface area contributed by atoms with Crippen LogP contribution in [0, 0.1) is 5.92 Å². The average Bonchev–Trinajstić information content (AvgIpc) is 3.34. The van der Waals surface area contributed by atoms with Gasteiger partial charge in [0.25, 0.3) is 0 Å². The van der Waals surface area contributed by atoms with Crippen LogP contribution in [0.25, 0.3) is 0 Å². The molecule has 0 aliphatic carbocycles. The highest BCUT2D eigenvalue weighted by Crippen LogP contribution is 2.43. The molecule has 0 spiro atoms. The molecule has 2 fully saturated rings. The van der Waals surface area contributed by atoms with Gasteiger partial charge in [0.05, 0.1) is 12.7 Å². The third-order valence-electron chi connectivity index (χ3n) is 7.17. The quantitative estimate of drug-likeness (QED) is 0.332. The van der Waals surface area contributed by atoms with Gasteiger partial charge in [0, 0.05) is 26.1 Å². The van der Waals surface area contributed by atoms with E-state index in [0.29, 0.717) is 25.7 Å². The van der Waals surface area contributed by atoms with E-state index >= 15 is 0 Å². The van der Waals surface area contributed by atoms with Gasteiger partial charge in [0.1, 0.15) is 11.7 Å². The SMILES string of the molecule is CCO[C@H]1C[C@H]2C[C@@H](OCC)O[C@H](COC(c3ccccc3)(c3ccccc3)c3ccccc3)[C@H]2O1. The molecule has 0 bridgehead atoms. The van der Waals surface area contributed by atoms with Gasteiger partial charge in [-0.25, -0.2) is 0 Å². The molecule has 36 heavy (non-hydrogen) atoms. The van der Waals surface area contributed by atoms with Gasteiger partial charge >= 0.3 is 0 Å². The van der Waals surface area contributed by atoms with E-state index in [1.807, 2.05) is 32.0 Å². The zero-order valence-electron chi connectivity index (χ0n) is 21.1. The highest BCUT2D eigenvalue weighted by atomic mass is 16.7. The van der Waals surface area contributed by atoms with Crippen molar-refractivity contribution in [3.8, 4) is 0 Å². The van der Waals surface area contributed by atoms with Crippen LogP contribution in [-0.4, -0.2) is 44.6 Å². The summed E-state index contributed by atoms with van der Waals surface area (Å²) in [5.74, 6) is 0.306. The molecule has 2 saturated heterocycles. The van der Waals surface area contributed by atoms with E-state index < -0.39 is 5.60 Å². The summed E-state index contributed by atoms with van der Waals surface area (Å²) in [6.07, 6.45) is 0.801. The van der Waals surface area contributed by atoms with Crippen LogP contribution in [0.5, 0.6) is 0 Å². The standard InChI is InChI=1S/C31H36O5/c1-3-32-28-20-23-21-29(33-4-2)36-30(23)27(35-28)22-34-31(24-14-8-5-9-15-24,25-16-10-6-11-17-25)26-18-12-7-13-19-26/h5-19,23,27-30H,3-4,20-22H2,1-2H3/t23-,27-,28+,29-,30+/m1/s1. The van der Waals surface area contributed by atoms with Gasteiger partial charge in [0.2, 0.25) is 0 Å². The van der Waals surface area contributed by atoms with Crippen molar-refractivity contribution in [3.63, 3.8) is 0 Å². The first kappa shape index (κ1) is 25.1. The number of rotatable bonds is 10. The van der Waals surface area contributed by atoms with Crippen molar-refractivity contribution < 1.29 is 23.7 Å². The Kier molecular flexibility index (Phi) is 8.15. The van der Waals surface area contributed by atoms with Crippen LogP contribution in [0.3, 0.4) is 0 Å². The first-order valence-electron chi connectivity index (χ1n) is 13.1. The summed E-state index contributed by atoms with van der Waals surface area (Å²) < 4.78 is 31.6. The predicted octanol–water partition coefficient (Wildman–Crippen LogP) is 5.91. The average molecular weight is 489 g/mol. The summed E-state index contributed by atoms with van der Waals surface area (Å²) in [6, 6.07) is 31.2. The minimum absolute atomic E-state index is 0.0988. The number of benzene rings is 3. The fourth-order valence-corrected chi connectivity index (χ4v) is 5.62. The van der Waals surface area contributed by atoms with Gasteiger partial charge in [-0.15, -0.1) is 0 Å². The van der Waals surface area contributed by atoms with Crippen molar-refractivity contribution in [3.05, 3.63) is 108 Å². The molecule has 2 aliphatic rings. The maximum absolute atomic E-state index is 7.06. The Morgan fingerprint density at radius 3 is 1.56 bits per heavy atom. The van der Waals surface area contributed by atoms with Crippen LogP contribution in [0.4, 0.5) is 0 Å². The van der Waals surface area contributed by atoms with Gasteiger partial charge in [-0.05, 0) is 36.5 Å². The molecule has 5 atom stereocenters. The Balaban J connectivity index is 1.51. The molecule has 5 nitrogen and oxygen atoms in total. The molecule has 5 rings (SSSR count). The van der Waals surface area contributed by atoms with Crippen LogP contribution >= 0.6 is 0 Å². The molecule has 0 radical (unpaired) electrons. The number of hydrogen-bond donors (Lipinski definition) is 0. The molecule has 0 amide bonds. The molecule has 0 unspecified atom stereocenters. The lowest BCUT2D eigenvalue weighted by molar-refractivity contribution is -0.257. The molecule has 2 aliphatic heterocycles. The summed E-state index contributed by atoms with van der Waals surface area (Å²) in [5, 5.41) is 0. The minimum Gasteiger partial charge on any atom is -0.358 e. The van der Waals surface area contributed by atoms with E-state index in [1.54, 1.807) is 0 Å². The third-order valence-corrected chi connectivity index (χ3v) is 7.17. The van der Waals surface area contributed by atoms with Crippen LogP contribution in [0.2, 0.25) is 0 Å². The molecule has 190 valence electrons. The summed E-state index contributed by atoms with van der Waals surface area (Å²) >= 11 is 0. The Labute approximate surface area is 214 Å². The maximum atomic E-state index is 7.06. The summed E-state index contributed by atoms with van der Waals surface area (Å²) in [6.45, 7) is 5.58. The molecular formula is C31H36O5. The topological polar surface area (TPSA) is 46.2 Å². The van der Waals surface area contributed by atoms with E-state index in [2.05, 4.69) is 72.8 Å². The van der Waals surface area contributed by atoms with Crippen LogP contribution in [0.15, 0.2) is 91.0 Å². The van der Waals surface area contributed by atoms with Gasteiger partial charge in [-0.3, -0.25) is 0 Å². The predicted molar refractivity (Wildman–Crippen MR) is 138 cm³/mol. The van der Waals surface area contributed by atoms with Crippen LogP contribution in [0.1, 0.15) is 43.4 Å². The second-order valence-electron chi connectivity index (χ2n) is 9.37. The summed E-state index contributed by atoms with van der Waals surface area (Å²) in [7, 11) is 0. The molecule has 5 heteroatoms. The Bertz CT molecular complexity index is 961. The molecule has 2 heterocycles. The number of hydrogen-bond acceptors (Lipinski definition) is 5. The largest absolute Gasteiger partial charge is 0.358 e. The Hall–Kier alpha value is -2.54. The monoisotopic (exact) mass is 488 g/mol. The normalized spacial score (nSPS) is 26.0. The highest BCUT2D eigenvalue weighted by molar-refractivity contribution is 5.47. The van der Waals surface area contributed by atoms with Gasteiger partial charge in [-0.1, -0.05) is 91.0 Å². The highest BCUT2D eigenvalue weighted by Gasteiger charge is 2.48. The van der Waals surface area contributed by atoms with E-state index in [9.17, 15) is 0 Å². The molecule has 3 aromatic rings. The summed E-state index contributed by atoms with van der Waals surface area (Å²) in [5.41, 5.74) is 2.39. The van der Waals surface area contributed by atoms with Crippen LogP contribution in [-0.2, 0) is 29.3 Å². The van der Waals surface area contributed by atoms with E-state index in [4.69, 9.17) is 23.7 Å². The number of fused-ring (bicyclic) bond motifs is 1. The lowest BCUT2D eigenvalue weighted by Gasteiger charge is -2.41. The molecule has 0 aromatic heterocycles. The minimum atomic E-state index is -0.806. The fraction of sp³-hybridized carbons (Fsp3) is 0.419. The Morgan fingerprint density at radius 1 is 0.667 bits per heavy atom. The number of ether oxygens (including phenoxy) is 5. The van der Waals surface area contributed by atoms with Crippen molar-refractivity contribution in [2.75, 3.05) is 19.8 Å². The lowest BCUT2D eigenvalue weighted by Crippen LogP contribution is -2.48. The second-order valence-corrected chi connectivity index (χ2v) is 9.37. The van der Waals surface area contributed by atoms with Crippen molar-refractivity contribution in [2.24, 2.45) is 5.92 Å². The van der Waals surface area contributed by atoms with Gasteiger partial charge in [0.15, 0.2) is 12.6 Å². The summed E-state index contributed by atoms with van der Waals surface area (Å²) in [4.78, 5) is 0. The van der Waals surface area contributed by atoms with Crippen molar-refractivity contribution >= 4 is 0 Å². The van der Waals surface area contributed by atoms with E-state index in [1.165, 1.54) is 0 Å². The Morgan fingerprint density at radius 2 is 1.11 bits per heavy atom. The van der Waals surface area contributed by atoms with Gasteiger partial charge in [-0.2, -0.15) is 0 Å². The third kappa shape index (κ3) is 5.13. The first-order chi connectivity index (χ1) is 17.7. The fourth-order valence-electron chi connectivity index (χ4n) is 5.62.